The van der Waals surface area contributed by atoms with Crippen LogP contribution in [-0.4, -0.2) is 92.7 Å². The fourth-order valence-electron chi connectivity index (χ4n) is 10.8. The number of amides is 1. The summed E-state index contributed by atoms with van der Waals surface area (Å²) in [5.41, 5.74) is 5.91. The predicted molar refractivity (Wildman–Crippen MR) is 242 cm³/mol. The molecule has 5 aliphatic rings. The lowest BCUT2D eigenvalue weighted by molar-refractivity contribution is -0.384. The lowest BCUT2D eigenvalue weighted by Crippen LogP contribution is -2.54. The van der Waals surface area contributed by atoms with E-state index in [-0.39, 0.29) is 27.8 Å². The van der Waals surface area contributed by atoms with E-state index in [1.807, 2.05) is 29.2 Å². The van der Waals surface area contributed by atoms with Crippen molar-refractivity contribution in [2.24, 2.45) is 11.3 Å². The Morgan fingerprint density at radius 1 is 0.952 bits per heavy atom. The van der Waals surface area contributed by atoms with Gasteiger partial charge in [0.2, 0.25) is 5.88 Å². The van der Waals surface area contributed by atoms with Gasteiger partial charge in [-0.3, -0.25) is 19.8 Å². The van der Waals surface area contributed by atoms with Gasteiger partial charge in [-0.05, 0) is 130 Å². The summed E-state index contributed by atoms with van der Waals surface area (Å²) < 4.78 is 41.4. The number of rotatable bonds is 11. The molecule has 63 heavy (non-hydrogen) atoms. The number of sulfonamides is 1. The summed E-state index contributed by atoms with van der Waals surface area (Å²) in [6.07, 6.45) is 10.5. The number of H-pyrrole nitrogens is 1. The largest absolute Gasteiger partial charge is 0.474 e. The topological polar surface area (TPSA) is 175 Å². The Kier molecular flexibility index (Phi) is 11.0. The molecule has 4 fully saturated rings. The molecule has 10 rings (SSSR count). The molecule has 4 aliphatic heterocycles. The minimum absolute atomic E-state index is 0.137. The van der Waals surface area contributed by atoms with Gasteiger partial charge in [0.15, 0.2) is 0 Å². The maximum Gasteiger partial charge on any atom is 0.293 e. The summed E-state index contributed by atoms with van der Waals surface area (Å²) in [5, 5.41) is 16.2. The van der Waals surface area contributed by atoms with Crippen molar-refractivity contribution in [3.63, 3.8) is 0 Å². The van der Waals surface area contributed by atoms with Crippen LogP contribution in [0.1, 0.15) is 78.9 Å². The number of nitrogens with one attached hydrogen (secondary N) is 3. The molecule has 0 unspecified atom stereocenters. The zero-order valence-electron chi connectivity index (χ0n) is 35.6. The first-order valence-corrected chi connectivity index (χ1v) is 23.8. The number of pyridine rings is 1. The number of carbonyl (C=O) groups excluding carboxylic acids is 1. The number of ether oxygens (including phenoxy) is 2. The molecule has 1 atom stereocenters. The Bertz CT molecular complexity index is 2650. The van der Waals surface area contributed by atoms with Gasteiger partial charge in [0.25, 0.3) is 21.6 Å². The highest BCUT2D eigenvalue weighted by Gasteiger charge is 2.50. The number of benzene rings is 3. The molecule has 16 heteroatoms. The number of aryl methyl sites for hydroxylation is 1. The van der Waals surface area contributed by atoms with Crippen molar-refractivity contribution in [2.45, 2.75) is 75.3 Å². The van der Waals surface area contributed by atoms with Crippen molar-refractivity contribution >= 4 is 55.4 Å². The van der Waals surface area contributed by atoms with Crippen LogP contribution in [-0.2, 0) is 14.8 Å². The van der Waals surface area contributed by atoms with E-state index in [2.05, 4.69) is 56.0 Å². The molecule has 330 valence electrons. The number of piperidine rings is 1. The fourth-order valence-corrected chi connectivity index (χ4v) is 11.7. The smallest absolute Gasteiger partial charge is 0.293 e. The molecule has 3 aromatic carbocycles. The second-order valence-electron chi connectivity index (χ2n) is 18.0. The van der Waals surface area contributed by atoms with Crippen molar-refractivity contribution in [3.05, 3.63) is 106 Å². The van der Waals surface area contributed by atoms with Crippen molar-refractivity contribution in [1.82, 2.24) is 19.6 Å². The van der Waals surface area contributed by atoms with Gasteiger partial charge in [0.1, 0.15) is 23.6 Å². The molecule has 0 radical (unpaired) electrons. The van der Waals surface area contributed by atoms with Gasteiger partial charge < -0.3 is 29.6 Å². The average molecular weight is 875 g/mol. The summed E-state index contributed by atoms with van der Waals surface area (Å²) in [6, 6.07) is 23.0. The number of anilines is 4. The number of aromatic nitrogens is 2. The molecule has 2 aromatic heterocycles. The van der Waals surface area contributed by atoms with Crippen LogP contribution in [0.15, 0.2) is 83.9 Å². The lowest BCUT2D eigenvalue weighted by atomic mass is 9.59. The molecular weight excluding hydrogens is 821 g/mol. The number of hydrogen-bond donors (Lipinski definition) is 3. The number of hydrogen-bond acceptors (Lipinski definition) is 12. The van der Waals surface area contributed by atoms with Gasteiger partial charge in [-0.2, -0.15) is 4.98 Å². The molecule has 15 nitrogen and oxygen atoms in total. The number of nitrogens with zero attached hydrogens (tertiary/aromatic N) is 5. The molecule has 6 heterocycles. The first-order valence-electron chi connectivity index (χ1n) is 22.3. The molecule has 1 saturated carbocycles. The predicted octanol–water partition coefficient (Wildman–Crippen LogP) is 7.85. The molecular formula is C47H54N8O7S. The van der Waals surface area contributed by atoms with Crippen LogP contribution in [0, 0.1) is 28.4 Å². The Morgan fingerprint density at radius 2 is 1.76 bits per heavy atom. The van der Waals surface area contributed by atoms with Crippen molar-refractivity contribution in [2.75, 3.05) is 67.7 Å². The molecule has 1 aliphatic carbocycles. The number of fused-ring (bicyclic) bond motifs is 2. The fraction of sp³-hybridized carbons (Fsp3) is 0.447. The third kappa shape index (κ3) is 8.08. The Morgan fingerprint density at radius 3 is 2.56 bits per heavy atom. The zero-order valence-corrected chi connectivity index (χ0v) is 36.4. The number of aromatic amines is 1. The molecule has 5 aromatic rings. The van der Waals surface area contributed by atoms with Gasteiger partial charge in [-0.1, -0.05) is 24.3 Å². The summed E-state index contributed by atoms with van der Waals surface area (Å²) in [7, 11) is -4.54. The minimum atomic E-state index is -4.54. The highest BCUT2D eigenvalue weighted by atomic mass is 32.2. The second kappa shape index (κ2) is 16.8. The minimum Gasteiger partial charge on any atom is -0.474 e. The summed E-state index contributed by atoms with van der Waals surface area (Å²) in [5.74, 6) is -0.168. The first-order chi connectivity index (χ1) is 30.5. The highest BCUT2D eigenvalue weighted by molar-refractivity contribution is 7.90. The van der Waals surface area contributed by atoms with E-state index in [4.69, 9.17) is 14.5 Å². The third-order valence-electron chi connectivity index (χ3n) is 14.3. The quantitative estimate of drug-likeness (QED) is 0.0867. The van der Waals surface area contributed by atoms with Gasteiger partial charge in [-0.15, -0.1) is 0 Å². The number of carbonyl (C=O) groups is 1. The van der Waals surface area contributed by atoms with E-state index in [1.54, 1.807) is 12.3 Å². The van der Waals surface area contributed by atoms with E-state index < -0.39 is 20.9 Å². The Labute approximate surface area is 367 Å². The number of nitro groups is 1. The van der Waals surface area contributed by atoms with E-state index in [0.29, 0.717) is 73.3 Å². The van der Waals surface area contributed by atoms with E-state index >= 15 is 0 Å². The van der Waals surface area contributed by atoms with Gasteiger partial charge in [-0.25, -0.2) is 13.1 Å². The molecule has 3 saturated heterocycles. The summed E-state index contributed by atoms with van der Waals surface area (Å²) >= 11 is 0. The number of likely N-dealkylation sites (tertiary alicyclic amines) is 1. The average Bonchev–Trinajstić information content (AvgIpc) is 3.96. The van der Waals surface area contributed by atoms with E-state index in [9.17, 15) is 23.3 Å². The highest BCUT2D eigenvalue weighted by Crippen LogP contribution is 2.54. The van der Waals surface area contributed by atoms with Crippen molar-refractivity contribution in [3.8, 4) is 5.88 Å². The van der Waals surface area contributed by atoms with Gasteiger partial charge in [0, 0.05) is 68.3 Å². The molecule has 3 N–H and O–H groups in total. The molecule has 0 bridgehead atoms. The van der Waals surface area contributed by atoms with Gasteiger partial charge in [0.05, 0.1) is 27.6 Å². The van der Waals surface area contributed by atoms with Crippen LogP contribution >= 0.6 is 0 Å². The summed E-state index contributed by atoms with van der Waals surface area (Å²) in [4.78, 5) is 40.4. The van der Waals surface area contributed by atoms with Crippen LogP contribution in [0.2, 0.25) is 0 Å². The van der Waals surface area contributed by atoms with Crippen LogP contribution in [0.5, 0.6) is 5.88 Å². The maximum atomic E-state index is 14.3. The van der Waals surface area contributed by atoms with E-state index in [1.165, 1.54) is 48.9 Å². The second-order valence-corrected chi connectivity index (χ2v) is 19.7. The molecule has 1 spiro atoms. The zero-order chi connectivity index (χ0) is 43.3. The van der Waals surface area contributed by atoms with Crippen LogP contribution in [0.4, 0.5) is 28.4 Å². The third-order valence-corrected chi connectivity index (χ3v) is 15.6. The van der Waals surface area contributed by atoms with Crippen molar-refractivity contribution in [1.29, 1.82) is 0 Å². The van der Waals surface area contributed by atoms with Crippen LogP contribution < -0.4 is 24.6 Å². The normalized spacial score (nSPS) is 20.6. The summed E-state index contributed by atoms with van der Waals surface area (Å²) in [6.45, 7) is 7.58. The SMILES string of the molecule is Cc1ccccc1[C@@H]1CCCN1C1CC2(CCN(c3ccc(C(=O)NS(=O)(=O)c4ccc(NCC5CCOCC5)c([N+](=O)[O-])c4)c(N4CCOc5nc6[nH]ccc6cc54)c3)CC2)C1. The Balaban J connectivity index is 0.891. The van der Waals surface area contributed by atoms with Crippen LogP contribution in [0.3, 0.4) is 0 Å². The van der Waals surface area contributed by atoms with Crippen LogP contribution in [0.25, 0.3) is 11.0 Å². The number of nitro benzene ring substituents is 1. The molecule has 1 amide bonds. The maximum absolute atomic E-state index is 14.3. The lowest BCUT2D eigenvalue weighted by Gasteiger charge is -2.56. The van der Waals surface area contributed by atoms with E-state index in [0.717, 1.165) is 62.5 Å². The monoisotopic (exact) mass is 874 g/mol. The van der Waals surface area contributed by atoms with Crippen molar-refractivity contribution < 1.29 is 27.6 Å². The Hall–Kier alpha value is -5.71. The standard InChI is InChI=1S/C47H54N8O7S/c1-31-5-2-3-6-37(31)40-7-4-18-53(40)35-28-47(29-35)15-19-52(20-16-47)34-8-10-38(41(26-34)54-21-24-62-46-43(54)25-33-12-17-48-44(33)50-46)45(56)51-63(59,60)36-9-11-39(42(27-36)55(57)58)49-30-32-13-22-61-23-14-32/h2-3,5-6,8-12,17,25-27,32,35,40,49H,4,7,13-16,18-24,28-30H2,1H3,(H,48,50)(H,51,56)/t40-/m0/s1. The first kappa shape index (κ1) is 41.3. The van der Waals surface area contributed by atoms with Gasteiger partial charge >= 0.3 is 0 Å².